The van der Waals surface area contributed by atoms with E-state index >= 15 is 0 Å². The smallest absolute Gasteiger partial charge is 0.305 e. The summed E-state index contributed by atoms with van der Waals surface area (Å²) in [5.74, 6) is -0.828. The van der Waals surface area contributed by atoms with Crippen molar-refractivity contribution in [1.29, 1.82) is 0 Å². The van der Waals surface area contributed by atoms with Gasteiger partial charge in [-0.3, -0.25) is 9.59 Å². The van der Waals surface area contributed by atoms with Crippen LogP contribution < -0.4 is 5.32 Å². The van der Waals surface area contributed by atoms with E-state index in [0.29, 0.717) is 6.42 Å². The van der Waals surface area contributed by atoms with Crippen LogP contribution in [0, 0.1) is 5.92 Å². The first-order valence-corrected chi connectivity index (χ1v) is 6.57. The summed E-state index contributed by atoms with van der Waals surface area (Å²) in [6.45, 7) is 5.99. The molecule has 100 valence electrons. The number of hydrogen-bond acceptors (Lipinski definition) is 2. The van der Waals surface area contributed by atoms with Crippen molar-refractivity contribution in [3.8, 4) is 0 Å². The van der Waals surface area contributed by atoms with Crippen LogP contribution in [-0.2, 0) is 9.59 Å². The molecule has 0 aromatic rings. The van der Waals surface area contributed by atoms with Gasteiger partial charge >= 0.3 is 5.97 Å². The minimum atomic E-state index is -0.862. The van der Waals surface area contributed by atoms with Gasteiger partial charge in [0.05, 0.1) is 6.42 Å². The maximum Gasteiger partial charge on any atom is 0.305 e. The molecule has 0 rings (SSSR count). The largest absolute Gasteiger partial charge is 0.481 e. The fourth-order valence-corrected chi connectivity index (χ4v) is 1.80. The first-order chi connectivity index (χ1) is 8.04. The summed E-state index contributed by atoms with van der Waals surface area (Å²) in [4.78, 5) is 22.5. The predicted octanol–water partition coefficient (Wildman–Crippen LogP) is 2.57. The lowest BCUT2D eigenvalue weighted by Crippen LogP contribution is -2.39. The minimum absolute atomic E-state index is 0.00640. The molecule has 0 heterocycles. The van der Waals surface area contributed by atoms with Gasteiger partial charge in [-0.25, -0.2) is 0 Å². The topological polar surface area (TPSA) is 66.4 Å². The third kappa shape index (κ3) is 6.97. The highest BCUT2D eigenvalue weighted by atomic mass is 16.4. The van der Waals surface area contributed by atoms with Crippen LogP contribution in [0.5, 0.6) is 0 Å². The molecular formula is C13H25NO3. The number of carboxylic acid groups (broad SMARTS) is 1. The lowest BCUT2D eigenvalue weighted by molar-refractivity contribution is -0.137. The molecule has 0 aliphatic heterocycles. The Bertz CT molecular complexity index is 241. The van der Waals surface area contributed by atoms with Crippen molar-refractivity contribution in [2.75, 3.05) is 0 Å². The Morgan fingerprint density at radius 2 is 1.82 bits per heavy atom. The molecule has 0 spiro atoms. The van der Waals surface area contributed by atoms with Gasteiger partial charge in [0.1, 0.15) is 0 Å². The van der Waals surface area contributed by atoms with Crippen molar-refractivity contribution in [3.63, 3.8) is 0 Å². The van der Waals surface area contributed by atoms with E-state index < -0.39 is 5.97 Å². The van der Waals surface area contributed by atoms with Crippen LogP contribution in [0.1, 0.15) is 59.3 Å². The van der Waals surface area contributed by atoms with Crippen molar-refractivity contribution in [3.05, 3.63) is 0 Å². The molecule has 0 aromatic carbocycles. The molecule has 4 nitrogen and oxygen atoms in total. The second-order valence-electron chi connectivity index (χ2n) is 4.46. The summed E-state index contributed by atoms with van der Waals surface area (Å²) in [6.07, 6.45) is 4.49. The van der Waals surface area contributed by atoms with E-state index in [1.807, 2.05) is 13.8 Å². The number of rotatable bonds is 9. The minimum Gasteiger partial charge on any atom is -0.481 e. The maximum atomic E-state index is 11.9. The molecule has 4 heteroatoms. The van der Waals surface area contributed by atoms with Gasteiger partial charge in [0.15, 0.2) is 0 Å². The Morgan fingerprint density at radius 3 is 2.24 bits per heavy atom. The van der Waals surface area contributed by atoms with Gasteiger partial charge in [-0.2, -0.15) is 0 Å². The van der Waals surface area contributed by atoms with E-state index in [2.05, 4.69) is 12.2 Å². The van der Waals surface area contributed by atoms with E-state index in [1.165, 1.54) is 0 Å². The van der Waals surface area contributed by atoms with Crippen molar-refractivity contribution >= 4 is 11.9 Å². The number of carboxylic acids is 1. The van der Waals surface area contributed by atoms with Gasteiger partial charge in [0, 0.05) is 12.0 Å². The van der Waals surface area contributed by atoms with Gasteiger partial charge in [0.25, 0.3) is 0 Å². The number of aliphatic carboxylic acids is 1. The van der Waals surface area contributed by atoms with Crippen LogP contribution in [0.3, 0.4) is 0 Å². The molecule has 0 aliphatic rings. The fourth-order valence-electron chi connectivity index (χ4n) is 1.80. The molecule has 0 saturated carbocycles. The zero-order valence-electron chi connectivity index (χ0n) is 11.2. The predicted molar refractivity (Wildman–Crippen MR) is 67.8 cm³/mol. The molecule has 0 bridgehead atoms. The van der Waals surface area contributed by atoms with Crippen LogP contribution in [0.4, 0.5) is 0 Å². The number of nitrogens with one attached hydrogen (secondary N) is 1. The molecule has 1 amide bonds. The average Bonchev–Trinajstić information content (AvgIpc) is 2.28. The summed E-state index contributed by atoms with van der Waals surface area (Å²) in [5.41, 5.74) is 0. The Hall–Kier alpha value is -1.06. The highest BCUT2D eigenvalue weighted by molar-refractivity contribution is 5.79. The van der Waals surface area contributed by atoms with Crippen LogP contribution in [0.15, 0.2) is 0 Å². The average molecular weight is 243 g/mol. The number of hydrogen-bond donors (Lipinski definition) is 2. The Balaban J connectivity index is 4.21. The molecule has 0 radical (unpaired) electrons. The van der Waals surface area contributed by atoms with Crippen LogP contribution in [0.25, 0.3) is 0 Å². The molecule has 0 aliphatic carbocycles. The first kappa shape index (κ1) is 15.9. The van der Waals surface area contributed by atoms with Crippen molar-refractivity contribution in [1.82, 2.24) is 5.32 Å². The van der Waals surface area contributed by atoms with Gasteiger partial charge in [-0.05, 0) is 19.3 Å². The third-order valence-corrected chi connectivity index (χ3v) is 3.03. The molecule has 0 fully saturated rings. The van der Waals surface area contributed by atoms with Crippen molar-refractivity contribution in [2.24, 2.45) is 5.92 Å². The third-order valence-electron chi connectivity index (χ3n) is 3.03. The Morgan fingerprint density at radius 1 is 1.18 bits per heavy atom. The summed E-state index contributed by atoms with van der Waals surface area (Å²) in [5, 5.41) is 11.6. The molecule has 2 atom stereocenters. The monoisotopic (exact) mass is 243 g/mol. The Labute approximate surface area is 104 Å². The number of carbonyl (C=O) groups excluding carboxylic acids is 1. The van der Waals surface area contributed by atoms with E-state index in [1.54, 1.807) is 0 Å². The zero-order chi connectivity index (χ0) is 13.3. The summed E-state index contributed by atoms with van der Waals surface area (Å²) >= 11 is 0. The molecular weight excluding hydrogens is 218 g/mol. The van der Waals surface area contributed by atoms with Crippen molar-refractivity contribution in [2.45, 2.75) is 65.3 Å². The summed E-state index contributed by atoms with van der Waals surface area (Å²) in [7, 11) is 0. The lowest BCUT2D eigenvalue weighted by atomic mass is 9.97. The first-order valence-electron chi connectivity index (χ1n) is 6.57. The summed E-state index contributed by atoms with van der Waals surface area (Å²) in [6, 6.07) is -0.240. The number of unbranched alkanes of at least 4 members (excludes halogenated alkanes) is 1. The SMILES string of the molecule is CCCCC(CC)C(=O)NC(CC)CC(=O)O. The molecule has 2 N–H and O–H groups in total. The van der Waals surface area contributed by atoms with Crippen LogP contribution in [0.2, 0.25) is 0 Å². The second-order valence-corrected chi connectivity index (χ2v) is 4.46. The standard InChI is InChI=1S/C13H25NO3/c1-4-7-8-10(5-2)13(17)14-11(6-3)9-12(15)16/h10-11H,4-9H2,1-3H3,(H,14,17)(H,15,16). The highest BCUT2D eigenvalue weighted by Crippen LogP contribution is 2.13. The van der Waals surface area contributed by atoms with Crippen molar-refractivity contribution < 1.29 is 14.7 Å². The molecule has 2 unspecified atom stereocenters. The molecule has 0 saturated heterocycles. The van der Waals surface area contributed by atoms with Gasteiger partial charge in [0.2, 0.25) is 5.91 Å². The number of amides is 1. The quantitative estimate of drug-likeness (QED) is 0.654. The summed E-state index contributed by atoms with van der Waals surface area (Å²) < 4.78 is 0. The van der Waals surface area contributed by atoms with Gasteiger partial charge in [-0.15, -0.1) is 0 Å². The molecule has 0 aromatic heterocycles. The van der Waals surface area contributed by atoms with Crippen LogP contribution >= 0.6 is 0 Å². The van der Waals surface area contributed by atoms with E-state index in [-0.39, 0.29) is 24.3 Å². The van der Waals surface area contributed by atoms with E-state index in [9.17, 15) is 9.59 Å². The Kier molecular flexibility index (Phi) is 8.46. The van der Waals surface area contributed by atoms with Gasteiger partial charge in [-0.1, -0.05) is 33.6 Å². The molecule has 17 heavy (non-hydrogen) atoms. The maximum absolute atomic E-state index is 11.9. The zero-order valence-corrected chi connectivity index (χ0v) is 11.2. The van der Waals surface area contributed by atoms with E-state index in [4.69, 9.17) is 5.11 Å². The fraction of sp³-hybridized carbons (Fsp3) is 0.846. The number of carbonyl (C=O) groups is 2. The van der Waals surface area contributed by atoms with Crippen LogP contribution in [-0.4, -0.2) is 23.0 Å². The van der Waals surface area contributed by atoms with E-state index in [0.717, 1.165) is 25.7 Å². The highest BCUT2D eigenvalue weighted by Gasteiger charge is 2.20. The van der Waals surface area contributed by atoms with Gasteiger partial charge < -0.3 is 10.4 Å². The second kappa shape index (κ2) is 9.02. The normalized spacial score (nSPS) is 14.1. The lowest BCUT2D eigenvalue weighted by Gasteiger charge is -2.19.